The number of nitrogens with zero attached hydrogens (tertiary/aromatic N) is 4. The van der Waals surface area contributed by atoms with E-state index < -0.39 is 0 Å². The molecule has 0 N–H and O–H groups in total. The van der Waals surface area contributed by atoms with Gasteiger partial charge >= 0.3 is 0 Å². The first-order chi connectivity index (χ1) is 11.7. The first-order valence-corrected chi connectivity index (χ1v) is 8.20. The van der Waals surface area contributed by atoms with Crippen LogP contribution in [-0.4, -0.2) is 32.9 Å². The van der Waals surface area contributed by atoms with Crippen molar-refractivity contribution in [1.82, 2.24) is 19.8 Å². The van der Waals surface area contributed by atoms with E-state index in [0.29, 0.717) is 5.02 Å². The summed E-state index contributed by atoms with van der Waals surface area (Å²) in [5, 5.41) is 9.00. The van der Waals surface area contributed by atoms with Crippen LogP contribution in [0.4, 0.5) is 4.39 Å². The molecule has 24 heavy (non-hydrogen) atoms. The van der Waals surface area contributed by atoms with E-state index in [2.05, 4.69) is 15.2 Å². The van der Waals surface area contributed by atoms with E-state index in [-0.39, 0.29) is 5.82 Å². The van der Waals surface area contributed by atoms with Gasteiger partial charge in [0.1, 0.15) is 17.3 Å². The van der Waals surface area contributed by atoms with Crippen molar-refractivity contribution in [2.24, 2.45) is 0 Å². The highest BCUT2D eigenvalue weighted by Crippen LogP contribution is 2.30. The summed E-state index contributed by atoms with van der Waals surface area (Å²) in [5.74, 6) is 0.625. The molecule has 0 saturated carbocycles. The van der Waals surface area contributed by atoms with E-state index >= 15 is 0 Å². The lowest BCUT2D eigenvalue weighted by molar-refractivity contribution is 0.225. The Balaban J connectivity index is 1.50. The van der Waals surface area contributed by atoms with Crippen molar-refractivity contribution in [2.45, 2.75) is 19.5 Å². The molecule has 5 nitrogen and oxygen atoms in total. The highest BCUT2D eigenvalue weighted by molar-refractivity contribution is 6.30. The molecule has 0 aliphatic carbocycles. The van der Waals surface area contributed by atoms with E-state index in [1.54, 1.807) is 12.3 Å². The standard InChI is InChI=1S/C17H16ClFN4O/c18-13-9-20-23(10-13)7-6-22-5-4-16-15(11-22)17(21-24-16)12-2-1-3-14(19)8-12/h1-3,8-10H,4-7,11H2. The molecule has 0 radical (unpaired) electrons. The van der Waals surface area contributed by atoms with Gasteiger partial charge in [0.25, 0.3) is 0 Å². The van der Waals surface area contributed by atoms with Crippen molar-refractivity contribution in [2.75, 3.05) is 13.1 Å². The first-order valence-electron chi connectivity index (χ1n) is 7.83. The van der Waals surface area contributed by atoms with Crippen LogP contribution in [0.25, 0.3) is 11.3 Å². The minimum atomic E-state index is -0.271. The molecule has 0 spiro atoms. The Hall–Kier alpha value is -2.18. The molecular weight excluding hydrogens is 331 g/mol. The molecule has 0 amide bonds. The summed E-state index contributed by atoms with van der Waals surface area (Å²) in [6.45, 7) is 3.26. The molecule has 0 atom stereocenters. The molecule has 7 heteroatoms. The van der Waals surface area contributed by atoms with Gasteiger partial charge in [0.15, 0.2) is 0 Å². The van der Waals surface area contributed by atoms with E-state index in [0.717, 1.165) is 55.2 Å². The average Bonchev–Trinajstić information content (AvgIpc) is 3.18. The van der Waals surface area contributed by atoms with E-state index in [1.165, 1.54) is 12.1 Å². The van der Waals surface area contributed by atoms with Gasteiger partial charge in [0.05, 0.1) is 17.8 Å². The molecule has 124 valence electrons. The minimum Gasteiger partial charge on any atom is -0.360 e. The van der Waals surface area contributed by atoms with Crippen molar-refractivity contribution >= 4 is 11.6 Å². The van der Waals surface area contributed by atoms with Crippen LogP contribution in [0.1, 0.15) is 11.3 Å². The van der Waals surface area contributed by atoms with Crippen molar-refractivity contribution in [3.8, 4) is 11.3 Å². The Kier molecular flexibility index (Phi) is 4.08. The third-order valence-electron chi connectivity index (χ3n) is 4.25. The van der Waals surface area contributed by atoms with Crippen LogP contribution in [0.3, 0.4) is 0 Å². The van der Waals surface area contributed by atoms with Crippen molar-refractivity contribution in [1.29, 1.82) is 0 Å². The number of benzene rings is 1. The lowest BCUT2D eigenvalue weighted by Crippen LogP contribution is -2.33. The molecule has 3 heterocycles. The summed E-state index contributed by atoms with van der Waals surface area (Å²) in [4.78, 5) is 2.32. The monoisotopic (exact) mass is 346 g/mol. The largest absolute Gasteiger partial charge is 0.360 e. The van der Waals surface area contributed by atoms with Crippen LogP contribution < -0.4 is 0 Å². The van der Waals surface area contributed by atoms with Gasteiger partial charge in [-0.3, -0.25) is 9.58 Å². The highest BCUT2D eigenvalue weighted by Gasteiger charge is 2.24. The first kappa shape index (κ1) is 15.4. The SMILES string of the molecule is Fc1cccc(-c2noc3c2CN(CCn2cc(Cl)cn2)CC3)c1. The summed E-state index contributed by atoms with van der Waals surface area (Å²) >= 11 is 5.89. The smallest absolute Gasteiger partial charge is 0.143 e. The van der Waals surface area contributed by atoms with Crippen molar-refractivity contribution in [3.63, 3.8) is 0 Å². The highest BCUT2D eigenvalue weighted by atomic mass is 35.5. The van der Waals surface area contributed by atoms with Crippen molar-refractivity contribution in [3.05, 3.63) is 58.8 Å². The molecule has 1 aliphatic heterocycles. The fraction of sp³-hybridized carbons (Fsp3) is 0.294. The Morgan fingerprint density at radius 3 is 3.00 bits per heavy atom. The zero-order valence-corrected chi connectivity index (χ0v) is 13.7. The van der Waals surface area contributed by atoms with Gasteiger partial charge < -0.3 is 4.52 Å². The number of fused-ring (bicyclic) bond motifs is 1. The van der Waals surface area contributed by atoms with Crippen LogP contribution in [-0.2, 0) is 19.5 Å². The molecule has 0 bridgehead atoms. The lowest BCUT2D eigenvalue weighted by atomic mass is 10.0. The predicted octanol–water partition coefficient (Wildman–Crippen LogP) is 3.39. The average molecular weight is 347 g/mol. The second-order valence-electron chi connectivity index (χ2n) is 5.89. The van der Waals surface area contributed by atoms with Gasteiger partial charge in [-0.05, 0) is 12.1 Å². The normalized spacial score (nSPS) is 14.8. The fourth-order valence-electron chi connectivity index (χ4n) is 3.02. The third kappa shape index (κ3) is 3.07. The van der Waals surface area contributed by atoms with E-state index in [4.69, 9.17) is 16.1 Å². The molecule has 1 aromatic carbocycles. The van der Waals surface area contributed by atoms with Crippen LogP contribution in [0, 0.1) is 5.82 Å². The maximum Gasteiger partial charge on any atom is 0.143 e. The number of hydrogen-bond donors (Lipinski definition) is 0. The summed E-state index contributed by atoms with van der Waals surface area (Å²) in [7, 11) is 0. The van der Waals surface area contributed by atoms with Crippen LogP contribution >= 0.6 is 11.6 Å². The van der Waals surface area contributed by atoms with Gasteiger partial charge in [0.2, 0.25) is 0 Å². The van der Waals surface area contributed by atoms with Gasteiger partial charge in [-0.25, -0.2) is 4.39 Å². The lowest BCUT2D eigenvalue weighted by Gasteiger charge is -2.25. The Morgan fingerprint density at radius 1 is 1.29 bits per heavy atom. The Labute approximate surface area is 143 Å². The van der Waals surface area contributed by atoms with Crippen LogP contribution in [0.5, 0.6) is 0 Å². The molecular formula is C17H16ClFN4O. The quantitative estimate of drug-likeness (QED) is 0.726. The Bertz CT molecular complexity index is 860. The van der Waals surface area contributed by atoms with Crippen LogP contribution in [0.2, 0.25) is 5.02 Å². The maximum atomic E-state index is 13.5. The Morgan fingerprint density at radius 2 is 2.21 bits per heavy atom. The minimum absolute atomic E-state index is 0.271. The molecule has 1 aliphatic rings. The second-order valence-corrected chi connectivity index (χ2v) is 6.33. The maximum absolute atomic E-state index is 13.5. The molecule has 4 rings (SSSR count). The number of hydrogen-bond acceptors (Lipinski definition) is 4. The number of rotatable bonds is 4. The van der Waals surface area contributed by atoms with E-state index in [1.807, 2.05) is 16.9 Å². The molecule has 0 fully saturated rings. The van der Waals surface area contributed by atoms with Gasteiger partial charge in [0, 0.05) is 43.4 Å². The summed E-state index contributed by atoms with van der Waals surface area (Å²) in [6.07, 6.45) is 4.25. The van der Waals surface area contributed by atoms with Gasteiger partial charge in [-0.2, -0.15) is 5.10 Å². The second kappa shape index (κ2) is 6.37. The fourth-order valence-corrected chi connectivity index (χ4v) is 3.18. The zero-order valence-electron chi connectivity index (χ0n) is 13.0. The van der Waals surface area contributed by atoms with Gasteiger partial charge in [-0.1, -0.05) is 28.9 Å². The molecule has 0 unspecified atom stereocenters. The molecule has 0 saturated heterocycles. The van der Waals surface area contributed by atoms with Crippen molar-refractivity contribution < 1.29 is 8.91 Å². The molecule has 2 aromatic heterocycles. The summed E-state index contributed by atoms with van der Waals surface area (Å²) in [6, 6.07) is 6.46. The predicted molar refractivity (Wildman–Crippen MR) is 88.1 cm³/mol. The van der Waals surface area contributed by atoms with Gasteiger partial charge in [-0.15, -0.1) is 0 Å². The number of halogens is 2. The number of aromatic nitrogens is 3. The topological polar surface area (TPSA) is 47.1 Å². The zero-order chi connectivity index (χ0) is 16.5. The summed E-state index contributed by atoms with van der Waals surface area (Å²) < 4.78 is 20.8. The van der Waals surface area contributed by atoms with E-state index in [9.17, 15) is 4.39 Å². The van der Waals surface area contributed by atoms with Crippen LogP contribution in [0.15, 0.2) is 41.2 Å². The summed E-state index contributed by atoms with van der Waals surface area (Å²) in [5.41, 5.74) is 2.53. The third-order valence-corrected chi connectivity index (χ3v) is 4.45. The molecule has 3 aromatic rings.